The highest BCUT2D eigenvalue weighted by atomic mass is 16.1. The van der Waals surface area contributed by atoms with Crippen molar-refractivity contribution in [2.75, 3.05) is 13.1 Å². The molecule has 3 N–H and O–H groups in total. The van der Waals surface area contributed by atoms with Crippen molar-refractivity contribution in [1.29, 1.82) is 0 Å². The second kappa shape index (κ2) is 7.06. The van der Waals surface area contributed by atoms with Gasteiger partial charge in [0.05, 0.1) is 6.42 Å². The van der Waals surface area contributed by atoms with Crippen molar-refractivity contribution in [2.24, 2.45) is 11.7 Å². The van der Waals surface area contributed by atoms with E-state index in [1.165, 1.54) is 5.39 Å². The van der Waals surface area contributed by atoms with Gasteiger partial charge in [-0.1, -0.05) is 49.4 Å². The lowest BCUT2D eigenvalue weighted by Crippen LogP contribution is -2.30. The fourth-order valence-corrected chi connectivity index (χ4v) is 2.36. The standard InChI is InChI=1S/C17H22N2O/c1-13(9-10-18)12-19-17(20)11-15-7-4-6-14-5-2-3-8-16(14)15/h2-8,13H,9-12,18H2,1H3,(H,19,20). The number of hydrogen-bond acceptors (Lipinski definition) is 2. The van der Waals surface area contributed by atoms with Crippen LogP contribution < -0.4 is 11.1 Å². The molecule has 0 spiro atoms. The Morgan fingerprint density at radius 3 is 2.75 bits per heavy atom. The lowest BCUT2D eigenvalue weighted by Gasteiger charge is -2.12. The van der Waals surface area contributed by atoms with Gasteiger partial charge in [-0.15, -0.1) is 0 Å². The number of benzene rings is 2. The number of nitrogens with one attached hydrogen (secondary N) is 1. The van der Waals surface area contributed by atoms with Crippen LogP contribution in [0.25, 0.3) is 10.8 Å². The van der Waals surface area contributed by atoms with E-state index in [1.54, 1.807) is 0 Å². The minimum absolute atomic E-state index is 0.0743. The third kappa shape index (κ3) is 3.81. The molecule has 3 nitrogen and oxygen atoms in total. The van der Waals surface area contributed by atoms with Crippen LogP contribution in [-0.2, 0) is 11.2 Å². The largest absolute Gasteiger partial charge is 0.356 e. The molecule has 1 atom stereocenters. The number of rotatable bonds is 6. The van der Waals surface area contributed by atoms with Gasteiger partial charge in [0.25, 0.3) is 0 Å². The smallest absolute Gasteiger partial charge is 0.224 e. The van der Waals surface area contributed by atoms with Gasteiger partial charge in [0, 0.05) is 6.54 Å². The predicted octanol–water partition coefficient (Wildman–Crippen LogP) is 2.48. The minimum atomic E-state index is 0.0743. The molecule has 3 heteroatoms. The average molecular weight is 270 g/mol. The fourth-order valence-electron chi connectivity index (χ4n) is 2.36. The van der Waals surface area contributed by atoms with Crippen LogP contribution in [0.15, 0.2) is 42.5 Å². The number of fused-ring (bicyclic) bond motifs is 1. The summed E-state index contributed by atoms with van der Waals surface area (Å²) in [6.45, 7) is 3.46. The van der Waals surface area contributed by atoms with Gasteiger partial charge >= 0.3 is 0 Å². The molecule has 0 radical (unpaired) electrons. The summed E-state index contributed by atoms with van der Waals surface area (Å²) in [4.78, 5) is 12.0. The van der Waals surface area contributed by atoms with Crippen LogP contribution in [0.5, 0.6) is 0 Å². The summed E-state index contributed by atoms with van der Waals surface area (Å²) in [6.07, 6.45) is 1.37. The van der Waals surface area contributed by atoms with E-state index in [0.29, 0.717) is 25.4 Å². The first-order valence-electron chi connectivity index (χ1n) is 7.14. The molecule has 0 fully saturated rings. The Kier molecular flexibility index (Phi) is 5.13. The topological polar surface area (TPSA) is 55.1 Å². The van der Waals surface area contributed by atoms with Crippen LogP contribution >= 0.6 is 0 Å². The highest BCUT2D eigenvalue weighted by molar-refractivity contribution is 5.90. The molecule has 0 bridgehead atoms. The van der Waals surface area contributed by atoms with Gasteiger partial charge in [-0.25, -0.2) is 0 Å². The van der Waals surface area contributed by atoms with Crippen LogP contribution in [0.1, 0.15) is 18.9 Å². The number of carbonyl (C=O) groups excluding carboxylic acids is 1. The summed E-state index contributed by atoms with van der Waals surface area (Å²) in [5.74, 6) is 0.502. The Bertz CT molecular complexity index is 575. The second-order valence-electron chi connectivity index (χ2n) is 5.30. The van der Waals surface area contributed by atoms with E-state index in [2.05, 4.69) is 30.4 Å². The lowest BCUT2D eigenvalue weighted by atomic mass is 10.0. The summed E-state index contributed by atoms with van der Waals surface area (Å²) in [7, 11) is 0. The summed E-state index contributed by atoms with van der Waals surface area (Å²) in [6, 6.07) is 14.2. The predicted molar refractivity (Wildman–Crippen MR) is 83.5 cm³/mol. The van der Waals surface area contributed by atoms with Crippen molar-refractivity contribution in [3.63, 3.8) is 0 Å². The Hall–Kier alpha value is -1.87. The highest BCUT2D eigenvalue weighted by Gasteiger charge is 2.08. The zero-order valence-corrected chi connectivity index (χ0v) is 11.9. The number of hydrogen-bond donors (Lipinski definition) is 2. The summed E-state index contributed by atoms with van der Waals surface area (Å²) >= 11 is 0. The fraction of sp³-hybridized carbons (Fsp3) is 0.353. The molecule has 0 saturated carbocycles. The van der Waals surface area contributed by atoms with E-state index < -0.39 is 0 Å². The van der Waals surface area contributed by atoms with Gasteiger partial charge in [0.1, 0.15) is 0 Å². The van der Waals surface area contributed by atoms with E-state index >= 15 is 0 Å². The van der Waals surface area contributed by atoms with Crippen molar-refractivity contribution in [3.05, 3.63) is 48.0 Å². The maximum atomic E-state index is 12.0. The third-order valence-electron chi connectivity index (χ3n) is 3.54. The molecule has 20 heavy (non-hydrogen) atoms. The van der Waals surface area contributed by atoms with Crippen molar-refractivity contribution < 1.29 is 4.79 Å². The van der Waals surface area contributed by atoms with Crippen LogP contribution in [-0.4, -0.2) is 19.0 Å². The van der Waals surface area contributed by atoms with Crippen LogP contribution in [0.2, 0.25) is 0 Å². The van der Waals surface area contributed by atoms with Crippen LogP contribution in [0.3, 0.4) is 0 Å². The summed E-state index contributed by atoms with van der Waals surface area (Å²) in [5.41, 5.74) is 6.58. The van der Waals surface area contributed by atoms with Gasteiger partial charge in [0.2, 0.25) is 5.91 Å². The average Bonchev–Trinajstić information content (AvgIpc) is 2.46. The molecule has 2 aromatic carbocycles. The maximum absolute atomic E-state index is 12.0. The van der Waals surface area contributed by atoms with E-state index in [4.69, 9.17) is 5.73 Å². The SMILES string of the molecule is CC(CCN)CNC(=O)Cc1cccc2ccccc12. The molecule has 1 amide bonds. The van der Waals surface area contributed by atoms with E-state index in [1.807, 2.05) is 24.3 Å². The Morgan fingerprint density at radius 1 is 1.20 bits per heavy atom. The number of nitrogens with two attached hydrogens (primary N) is 1. The molecule has 0 heterocycles. The summed E-state index contributed by atoms with van der Waals surface area (Å²) < 4.78 is 0. The molecule has 1 unspecified atom stereocenters. The zero-order chi connectivity index (χ0) is 14.4. The van der Waals surface area contributed by atoms with E-state index in [0.717, 1.165) is 17.4 Å². The van der Waals surface area contributed by atoms with Gasteiger partial charge < -0.3 is 11.1 Å². The van der Waals surface area contributed by atoms with Gasteiger partial charge in [-0.3, -0.25) is 4.79 Å². The molecule has 2 aromatic rings. The summed E-state index contributed by atoms with van der Waals surface area (Å²) in [5, 5.41) is 5.31. The highest BCUT2D eigenvalue weighted by Crippen LogP contribution is 2.18. The molecule has 0 aliphatic heterocycles. The first-order chi connectivity index (χ1) is 9.70. The zero-order valence-electron chi connectivity index (χ0n) is 11.9. The lowest BCUT2D eigenvalue weighted by molar-refractivity contribution is -0.120. The molecule has 0 aliphatic carbocycles. The minimum Gasteiger partial charge on any atom is -0.356 e. The normalized spacial score (nSPS) is 12.3. The Morgan fingerprint density at radius 2 is 1.95 bits per heavy atom. The van der Waals surface area contributed by atoms with Crippen LogP contribution in [0, 0.1) is 5.92 Å². The molecule has 2 rings (SSSR count). The molecular formula is C17H22N2O. The first-order valence-corrected chi connectivity index (χ1v) is 7.14. The molecule has 106 valence electrons. The number of amides is 1. The van der Waals surface area contributed by atoms with Gasteiger partial charge in [-0.2, -0.15) is 0 Å². The maximum Gasteiger partial charge on any atom is 0.224 e. The molecule has 0 saturated heterocycles. The van der Waals surface area contributed by atoms with Crippen molar-refractivity contribution in [3.8, 4) is 0 Å². The van der Waals surface area contributed by atoms with E-state index in [9.17, 15) is 4.79 Å². The number of carbonyl (C=O) groups is 1. The molecule has 0 aliphatic rings. The van der Waals surface area contributed by atoms with Crippen LogP contribution in [0.4, 0.5) is 0 Å². The van der Waals surface area contributed by atoms with Crippen molar-refractivity contribution >= 4 is 16.7 Å². The molecular weight excluding hydrogens is 248 g/mol. The Labute approximate surface area is 120 Å². The first kappa shape index (κ1) is 14.5. The third-order valence-corrected chi connectivity index (χ3v) is 3.54. The van der Waals surface area contributed by atoms with Gasteiger partial charge in [-0.05, 0) is 35.2 Å². The monoisotopic (exact) mass is 270 g/mol. The Balaban J connectivity index is 1.99. The van der Waals surface area contributed by atoms with Crippen molar-refractivity contribution in [2.45, 2.75) is 19.8 Å². The van der Waals surface area contributed by atoms with Gasteiger partial charge in [0.15, 0.2) is 0 Å². The van der Waals surface area contributed by atoms with Crippen molar-refractivity contribution in [1.82, 2.24) is 5.32 Å². The second-order valence-corrected chi connectivity index (χ2v) is 5.30. The quantitative estimate of drug-likeness (QED) is 0.847. The van der Waals surface area contributed by atoms with E-state index in [-0.39, 0.29) is 5.91 Å². The molecule has 0 aromatic heterocycles.